The van der Waals surface area contributed by atoms with Crippen molar-refractivity contribution in [2.75, 3.05) is 32.8 Å². The molecule has 0 saturated heterocycles. The number of ether oxygens (including phenoxy) is 1. The van der Waals surface area contributed by atoms with Crippen molar-refractivity contribution >= 4 is 0 Å². The fraction of sp³-hybridized carbons (Fsp3) is 0.571. The molecule has 0 aromatic heterocycles. The van der Waals surface area contributed by atoms with Crippen molar-refractivity contribution in [3.05, 3.63) is 30.3 Å². The number of benzene rings is 1. The lowest BCUT2D eigenvalue weighted by Crippen LogP contribution is -2.29. The van der Waals surface area contributed by atoms with Crippen molar-refractivity contribution in [1.29, 1.82) is 0 Å². The number of unbranched alkanes of at least 4 members (excludes halogenated alkanes) is 1. The van der Waals surface area contributed by atoms with Crippen LogP contribution in [0.25, 0.3) is 0 Å². The first-order valence-corrected chi connectivity index (χ1v) is 6.47. The molecule has 1 aromatic rings. The topological polar surface area (TPSA) is 38.5 Å². The molecular weight excluding hydrogens is 212 g/mol. The van der Waals surface area contributed by atoms with Gasteiger partial charge < -0.3 is 15.4 Å². The van der Waals surface area contributed by atoms with Crippen LogP contribution in [0, 0.1) is 0 Å². The van der Waals surface area contributed by atoms with Gasteiger partial charge in [-0.2, -0.15) is 0 Å². The Morgan fingerprint density at radius 3 is 2.53 bits per heavy atom. The lowest BCUT2D eigenvalue weighted by atomic mass is 10.3. The van der Waals surface area contributed by atoms with Crippen molar-refractivity contribution in [3.63, 3.8) is 0 Å². The van der Waals surface area contributed by atoms with Gasteiger partial charge in [0, 0.05) is 6.54 Å². The van der Waals surface area contributed by atoms with Gasteiger partial charge in [-0.15, -0.1) is 0 Å². The molecule has 1 aromatic carbocycles. The van der Waals surface area contributed by atoms with Gasteiger partial charge in [-0.1, -0.05) is 25.1 Å². The van der Waals surface area contributed by atoms with E-state index in [-0.39, 0.29) is 0 Å². The average Bonchev–Trinajstić information content (AvgIpc) is 2.38. The van der Waals surface area contributed by atoms with Crippen molar-refractivity contribution < 1.29 is 4.74 Å². The monoisotopic (exact) mass is 236 g/mol. The Kier molecular flexibility index (Phi) is 7.43. The molecule has 0 aliphatic heterocycles. The number of nitrogens with two attached hydrogens (primary N) is 1. The summed E-state index contributed by atoms with van der Waals surface area (Å²) in [5, 5.41) is 0. The Hall–Kier alpha value is -1.06. The minimum absolute atomic E-state index is 0.750. The summed E-state index contributed by atoms with van der Waals surface area (Å²) in [5.41, 5.74) is 5.49. The van der Waals surface area contributed by atoms with Gasteiger partial charge in [0.05, 0.1) is 0 Å². The van der Waals surface area contributed by atoms with E-state index in [1.54, 1.807) is 0 Å². The van der Waals surface area contributed by atoms with Crippen LogP contribution >= 0.6 is 0 Å². The highest BCUT2D eigenvalue weighted by Gasteiger charge is 2.01. The van der Waals surface area contributed by atoms with Gasteiger partial charge >= 0.3 is 0 Å². The predicted molar refractivity (Wildman–Crippen MR) is 72.3 cm³/mol. The Morgan fingerprint density at radius 2 is 1.88 bits per heavy atom. The van der Waals surface area contributed by atoms with Crippen LogP contribution in [0.15, 0.2) is 30.3 Å². The second-order valence-electron chi connectivity index (χ2n) is 4.09. The molecule has 17 heavy (non-hydrogen) atoms. The molecule has 2 N–H and O–H groups in total. The third-order valence-corrected chi connectivity index (χ3v) is 2.80. The Bertz CT molecular complexity index is 277. The second-order valence-corrected chi connectivity index (χ2v) is 4.09. The molecule has 0 radical (unpaired) electrons. The second kappa shape index (κ2) is 9.02. The van der Waals surface area contributed by atoms with Gasteiger partial charge in [-0.25, -0.2) is 0 Å². The summed E-state index contributed by atoms with van der Waals surface area (Å²) in [5.74, 6) is 0.950. The number of hydrogen-bond acceptors (Lipinski definition) is 3. The van der Waals surface area contributed by atoms with E-state index in [0.29, 0.717) is 0 Å². The van der Waals surface area contributed by atoms with E-state index < -0.39 is 0 Å². The van der Waals surface area contributed by atoms with Gasteiger partial charge in [-0.3, -0.25) is 0 Å². The van der Waals surface area contributed by atoms with Crippen molar-refractivity contribution in [2.24, 2.45) is 5.73 Å². The van der Waals surface area contributed by atoms with Crippen LogP contribution < -0.4 is 10.5 Å². The van der Waals surface area contributed by atoms with Crippen LogP contribution in [-0.2, 0) is 0 Å². The summed E-state index contributed by atoms with van der Waals surface area (Å²) in [6.07, 6.45) is 2.28. The fourth-order valence-corrected chi connectivity index (χ4v) is 1.72. The minimum Gasteiger partial charge on any atom is -0.492 e. The summed E-state index contributed by atoms with van der Waals surface area (Å²) in [4.78, 5) is 2.40. The van der Waals surface area contributed by atoms with Gasteiger partial charge in [0.2, 0.25) is 0 Å². The zero-order valence-corrected chi connectivity index (χ0v) is 10.8. The summed E-state index contributed by atoms with van der Waals surface area (Å²) in [7, 11) is 0. The van der Waals surface area contributed by atoms with Gasteiger partial charge in [0.15, 0.2) is 0 Å². The molecule has 3 nitrogen and oxygen atoms in total. The first-order chi connectivity index (χ1) is 8.36. The fourth-order valence-electron chi connectivity index (χ4n) is 1.72. The highest BCUT2D eigenvalue weighted by Crippen LogP contribution is 2.08. The molecule has 0 bridgehead atoms. The highest BCUT2D eigenvalue weighted by molar-refractivity contribution is 5.20. The highest BCUT2D eigenvalue weighted by atomic mass is 16.5. The molecular formula is C14H24N2O. The first kappa shape index (κ1) is 14.0. The standard InChI is InChI=1S/C14H24N2O/c1-2-16(11-7-6-10-15)12-13-17-14-8-4-3-5-9-14/h3-5,8-9H,2,6-7,10-13,15H2,1H3. The molecule has 0 saturated carbocycles. The van der Waals surface area contributed by atoms with Gasteiger partial charge in [0.25, 0.3) is 0 Å². The van der Waals surface area contributed by atoms with Crippen molar-refractivity contribution in [2.45, 2.75) is 19.8 Å². The molecule has 0 unspecified atom stereocenters. The van der Waals surface area contributed by atoms with Crippen molar-refractivity contribution in [1.82, 2.24) is 4.90 Å². The molecule has 0 fully saturated rings. The molecule has 3 heteroatoms. The van der Waals surface area contributed by atoms with E-state index in [1.165, 1.54) is 6.42 Å². The maximum atomic E-state index is 5.68. The van der Waals surface area contributed by atoms with Gasteiger partial charge in [0.1, 0.15) is 12.4 Å². The Morgan fingerprint density at radius 1 is 1.12 bits per heavy atom. The minimum atomic E-state index is 0.750. The Labute approximate surface area is 105 Å². The maximum absolute atomic E-state index is 5.68. The summed E-state index contributed by atoms with van der Waals surface area (Å²) >= 11 is 0. The zero-order valence-electron chi connectivity index (χ0n) is 10.8. The van der Waals surface area contributed by atoms with E-state index in [9.17, 15) is 0 Å². The molecule has 0 aliphatic carbocycles. The molecule has 0 spiro atoms. The predicted octanol–water partition coefficient (Wildman–Crippen LogP) is 2.13. The van der Waals surface area contributed by atoms with Crippen LogP contribution in [0.1, 0.15) is 19.8 Å². The Balaban J connectivity index is 2.15. The summed E-state index contributed by atoms with van der Waals surface area (Å²) in [6.45, 7) is 6.90. The smallest absolute Gasteiger partial charge is 0.119 e. The molecule has 0 amide bonds. The summed E-state index contributed by atoms with van der Waals surface area (Å²) < 4.78 is 5.68. The lowest BCUT2D eigenvalue weighted by Gasteiger charge is -2.20. The van der Waals surface area contributed by atoms with E-state index in [0.717, 1.165) is 45.0 Å². The molecule has 96 valence electrons. The van der Waals surface area contributed by atoms with Gasteiger partial charge in [-0.05, 0) is 44.6 Å². The normalized spacial score (nSPS) is 10.8. The van der Waals surface area contributed by atoms with Crippen LogP contribution in [0.3, 0.4) is 0 Å². The third-order valence-electron chi connectivity index (χ3n) is 2.80. The van der Waals surface area contributed by atoms with E-state index in [2.05, 4.69) is 11.8 Å². The van der Waals surface area contributed by atoms with Crippen LogP contribution in [0.2, 0.25) is 0 Å². The third kappa shape index (κ3) is 6.29. The number of rotatable bonds is 9. The van der Waals surface area contributed by atoms with E-state index in [1.807, 2.05) is 30.3 Å². The molecule has 0 atom stereocenters. The summed E-state index contributed by atoms with van der Waals surface area (Å²) in [6, 6.07) is 9.97. The zero-order chi connectivity index (χ0) is 12.3. The van der Waals surface area contributed by atoms with E-state index >= 15 is 0 Å². The largest absolute Gasteiger partial charge is 0.492 e. The maximum Gasteiger partial charge on any atom is 0.119 e. The quantitative estimate of drug-likeness (QED) is 0.668. The average molecular weight is 236 g/mol. The SMILES string of the molecule is CCN(CCCCN)CCOc1ccccc1. The van der Waals surface area contributed by atoms with E-state index in [4.69, 9.17) is 10.5 Å². The lowest BCUT2D eigenvalue weighted by molar-refractivity contribution is 0.213. The van der Waals surface area contributed by atoms with Crippen LogP contribution in [-0.4, -0.2) is 37.7 Å². The molecule has 0 heterocycles. The van der Waals surface area contributed by atoms with Crippen LogP contribution in [0.4, 0.5) is 0 Å². The van der Waals surface area contributed by atoms with Crippen LogP contribution in [0.5, 0.6) is 5.75 Å². The first-order valence-electron chi connectivity index (χ1n) is 6.47. The number of likely N-dealkylation sites (N-methyl/N-ethyl adjacent to an activating group) is 1. The number of hydrogen-bond donors (Lipinski definition) is 1. The number of para-hydroxylation sites is 1. The van der Waals surface area contributed by atoms with Crippen molar-refractivity contribution in [3.8, 4) is 5.75 Å². The number of nitrogens with zero attached hydrogens (tertiary/aromatic N) is 1. The molecule has 0 aliphatic rings. The molecule has 1 rings (SSSR count).